The van der Waals surface area contributed by atoms with Crippen LogP contribution in [0.15, 0.2) is 79.0 Å². The average Bonchev–Trinajstić information content (AvgIpc) is 3.10. The minimum Gasteiger partial charge on any atom is -0.457 e. The molecular weight excluding hydrogens is 331 g/mol. The number of rotatable bonds is 4. The van der Waals surface area contributed by atoms with Crippen LogP contribution in [0.5, 0.6) is 11.5 Å². The molecule has 1 aromatic heterocycles. The quantitative estimate of drug-likeness (QED) is 0.523. The van der Waals surface area contributed by atoms with Crippen molar-refractivity contribution in [3.63, 3.8) is 0 Å². The Balaban J connectivity index is 1.53. The SMILES string of the molecule is O=C(Nc1cccc(F)c1)c1cccc(Oc2ccc3[nH]ccc3c2)c1. The Morgan fingerprint density at radius 1 is 0.923 bits per heavy atom. The van der Waals surface area contributed by atoms with E-state index < -0.39 is 5.82 Å². The molecule has 5 heteroatoms. The van der Waals surface area contributed by atoms with Crippen molar-refractivity contribution in [2.24, 2.45) is 0 Å². The lowest BCUT2D eigenvalue weighted by Gasteiger charge is -2.09. The van der Waals surface area contributed by atoms with Gasteiger partial charge in [-0.25, -0.2) is 4.39 Å². The maximum absolute atomic E-state index is 13.2. The van der Waals surface area contributed by atoms with Crippen LogP contribution in [0.1, 0.15) is 10.4 Å². The first kappa shape index (κ1) is 15.9. The minimum absolute atomic E-state index is 0.331. The highest BCUT2D eigenvalue weighted by atomic mass is 19.1. The van der Waals surface area contributed by atoms with Crippen molar-refractivity contribution in [3.8, 4) is 11.5 Å². The Morgan fingerprint density at radius 2 is 1.77 bits per heavy atom. The second-order valence-corrected chi connectivity index (χ2v) is 5.82. The van der Waals surface area contributed by atoms with Gasteiger partial charge in [0.2, 0.25) is 0 Å². The zero-order valence-corrected chi connectivity index (χ0v) is 13.7. The maximum atomic E-state index is 13.2. The number of halogens is 1. The van der Waals surface area contributed by atoms with Crippen molar-refractivity contribution in [3.05, 3.63) is 90.4 Å². The van der Waals surface area contributed by atoms with E-state index in [0.29, 0.717) is 22.7 Å². The third kappa shape index (κ3) is 3.42. The van der Waals surface area contributed by atoms with E-state index >= 15 is 0 Å². The van der Waals surface area contributed by atoms with Crippen LogP contribution < -0.4 is 10.1 Å². The zero-order chi connectivity index (χ0) is 17.9. The molecule has 0 fully saturated rings. The van der Waals surface area contributed by atoms with Crippen molar-refractivity contribution in [2.45, 2.75) is 0 Å². The van der Waals surface area contributed by atoms with Gasteiger partial charge in [-0.15, -0.1) is 0 Å². The number of carbonyl (C=O) groups is 1. The first-order valence-electron chi connectivity index (χ1n) is 8.09. The Morgan fingerprint density at radius 3 is 2.65 bits per heavy atom. The molecule has 0 aliphatic carbocycles. The fourth-order valence-electron chi connectivity index (χ4n) is 2.70. The van der Waals surface area contributed by atoms with Gasteiger partial charge in [-0.05, 0) is 60.7 Å². The number of ether oxygens (including phenoxy) is 1. The van der Waals surface area contributed by atoms with Crippen LogP contribution in [0.2, 0.25) is 0 Å². The number of H-pyrrole nitrogens is 1. The number of benzene rings is 3. The number of aromatic amines is 1. The molecule has 1 heterocycles. The molecule has 0 aliphatic rings. The van der Waals surface area contributed by atoms with Crippen molar-refractivity contribution >= 4 is 22.5 Å². The Bertz CT molecular complexity index is 1090. The molecule has 0 radical (unpaired) electrons. The molecule has 4 aromatic rings. The molecule has 4 rings (SSSR count). The van der Waals surface area contributed by atoms with E-state index in [0.717, 1.165) is 10.9 Å². The number of hydrogen-bond donors (Lipinski definition) is 2. The number of nitrogens with one attached hydrogen (secondary N) is 2. The van der Waals surface area contributed by atoms with E-state index in [1.165, 1.54) is 12.1 Å². The molecule has 26 heavy (non-hydrogen) atoms. The molecule has 0 saturated carbocycles. The summed E-state index contributed by atoms with van der Waals surface area (Å²) in [6.45, 7) is 0. The standard InChI is InChI=1S/C21H15FN2O2/c22-16-4-2-5-17(13-16)24-21(25)15-3-1-6-18(12-15)26-19-7-8-20-14(11-19)9-10-23-20/h1-13,23H,(H,24,25). The molecule has 0 unspecified atom stereocenters. The van der Waals surface area contributed by atoms with Gasteiger partial charge in [0.15, 0.2) is 0 Å². The fraction of sp³-hybridized carbons (Fsp3) is 0. The molecule has 4 nitrogen and oxygen atoms in total. The van der Waals surface area contributed by atoms with Gasteiger partial charge in [-0.2, -0.15) is 0 Å². The van der Waals surface area contributed by atoms with Crippen molar-refractivity contribution in [1.29, 1.82) is 0 Å². The summed E-state index contributed by atoms with van der Waals surface area (Å²) < 4.78 is 19.1. The van der Waals surface area contributed by atoms with Gasteiger partial charge in [0.25, 0.3) is 5.91 Å². The van der Waals surface area contributed by atoms with E-state index in [4.69, 9.17) is 4.74 Å². The molecule has 0 atom stereocenters. The van der Waals surface area contributed by atoms with Crippen LogP contribution in [-0.4, -0.2) is 10.9 Å². The zero-order valence-electron chi connectivity index (χ0n) is 13.7. The summed E-state index contributed by atoms with van der Waals surface area (Å²) in [6, 6.07) is 20.3. The summed E-state index contributed by atoms with van der Waals surface area (Å²) in [5.74, 6) is 0.494. The lowest BCUT2D eigenvalue weighted by molar-refractivity contribution is 0.102. The summed E-state index contributed by atoms with van der Waals surface area (Å²) >= 11 is 0. The van der Waals surface area contributed by atoms with Gasteiger partial charge in [0.1, 0.15) is 17.3 Å². The third-order valence-electron chi connectivity index (χ3n) is 3.94. The molecular formula is C21H15FN2O2. The number of fused-ring (bicyclic) bond motifs is 1. The van der Waals surface area contributed by atoms with Crippen LogP contribution in [0.25, 0.3) is 10.9 Å². The number of carbonyl (C=O) groups excluding carboxylic acids is 1. The van der Waals surface area contributed by atoms with E-state index in [-0.39, 0.29) is 5.91 Å². The van der Waals surface area contributed by atoms with Gasteiger partial charge < -0.3 is 15.0 Å². The van der Waals surface area contributed by atoms with E-state index in [9.17, 15) is 9.18 Å². The largest absolute Gasteiger partial charge is 0.457 e. The van der Waals surface area contributed by atoms with Crippen LogP contribution in [0.4, 0.5) is 10.1 Å². The number of anilines is 1. The molecule has 0 bridgehead atoms. The highest BCUT2D eigenvalue weighted by molar-refractivity contribution is 6.04. The van der Waals surface area contributed by atoms with Crippen LogP contribution in [0.3, 0.4) is 0 Å². The highest BCUT2D eigenvalue weighted by Crippen LogP contribution is 2.26. The number of hydrogen-bond acceptors (Lipinski definition) is 2. The van der Waals surface area contributed by atoms with E-state index in [1.54, 1.807) is 36.4 Å². The second-order valence-electron chi connectivity index (χ2n) is 5.82. The van der Waals surface area contributed by atoms with E-state index in [2.05, 4.69) is 10.3 Å². The molecule has 0 spiro atoms. The Hall–Kier alpha value is -3.60. The summed E-state index contributed by atoms with van der Waals surface area (Å²) in [4.78, 5) is 15.5. The maximum Gasteiger partial charge on any atom is 0.255 e. The highest BCUT2D eigenvalue weighted by Gasteiger charge is 2.09. The fourth-order valence-corrected chi connectivity index (χ4v) is 2.70. The Labute approximate surface area is 149 Å². The smallest absolute Gasteiger partial charge is 0.255 e. The van der Waals surface area contributed by atoms with Gasteiger partial charge in [-0.3, -0.25) is 4.79 Å². The van der Waals surface area contributed by atoms with Crippen LogP contribution in [0, 0.1) is 5.82 Å². The van der Waals surface area contributed by atoms with Gasteiger partial charge >= 0.3 is 0 Å². The summed E-state index contributed by atoms with van der Waals surface area (Å²) in [5, 5.41) is 3.72. The first-order chi connectivity index (χ1) is 12.7. The van der Waals surface area contributed by atoms with E-state index in [1.807, 2.05) is 30.5 Å². The topological polar surface area (TPSA) is 54.1 Å². The number of aromatic nitrogens is 1. The summed E-state index contributed by atoms with van der Waals surface area (Å²) in [5.41, 5.74) is 1.86. The normalized spacial score (nSPS) is 10.7. The molecule has 128 valence electrons. The molecule has 0 aliphatic heterocycles. The lowest BCUT2D eigenvalue weighted by atomic mass is 10.2. The molecule has 1 amide bonds. The summed E-state index contributed by atoms with van der Waals surface area (Å²) in [7, 11) is 0. The van der Waals surface area contributed by atoms with Gasteiger partial charge in [-0.1, -0.05) is 12.1 Å². The molecule has 3 aromatic carbocycles. The van der Waals surface area contributed by atoms with Crippen molar-refractivity contribution in [2.75, 3.05) is 5.32 Å². The molecule has 2 N–H and O–H groups in total. The van der Waals surface area contributed by atoms with Gasteiger partial charge in [0.05, 0.1) is 0 Å². The molecule has 0 saturated heterocycles. The van der Waals surface area contributed by atoms with Crippen molar-refractivity contribution in [1.82, 2.24) is 4.98 Å². The second kappa shape index (κ2) is 6.72. The van der Waals surface area contributed by atoms with Crippen LogP contribution in [-0.2, 0) is 0 Å². The monoisotopic (exact) mass is 346 g/mol. The first-order valence-corrected chi connectivity index (χ1v) is 8.09. The number of amides is 1. The summed E-state index contributed by atoms with van der Waals surface area (Å²) in [6.07, 6.45) is 1.87. The average molecular weight is 346 g/mol. The minimum atomic E-state index is -0.403. The predicted octanol–water partition coefficient (Wildman–Crippen LogP) is 5.35. The van der Waals surface area contributed by atoms with Crippen LogP contribution >= 0.6 is 0 Å². The predicted molar refractivity (Wildman–Crippen MR) is 99.2 cm³/mol. The van der Waals surface area contributed by atoms with Crippen molar-refractivity contribution < 1.29 is 13.9 Å². The lowest BCUT2D eigenvalue weighted by Crippen LogP contribution is -2.11. The van der Waals surface area contributed by atoms with Gasteiger partial charge in [0, 0.05) is 28.4 Å². The third-order valence-corrected chi connectivity index (χ3v) is 3.94. The Kier molecular flexibility index (Phi) is 4.11.